The third-order valence-electron chi connectivity index (χ3n) is 4.28. The number of rotatable bonds is 6. The van der Waals surface area contributed by atoms with Crippen LogP contribution in [0.2, 0.25) is 0 Å². The van der Waals surface area contributed by atoms with E-state index in [1.54, 1.807) is 19.0 Å². The van der Waals surface area contributed by atoms with E-state index < -0.39 is 0 Å². The van der Waals surface area contributed by atoms with Crippen LogP contribution in [-0.4, -0.2) is 37.4 Å². The monoisotopic (exact) mass is 506 g/mol. The smallest absolute Gasteiger partial charge is 0.253 e. The quantitative estimate of drug-likeness (QED) is 0.301. The number of hydrogen-bond acceptors (Lipinski definition) is 3. The second-order valence-electron chi connectivity index (χ2n) is 6.70. The van der Waals surface area contributed by atoms with Crippen LogP contribution >= 0.6 is 24.0 Å². The summed E-state index contributed by atoms with van der Waals surface area (Å²) in [5.74, 6) is 1.57. The van der Waals surface area contributed by atoms with Crippen LogP contribution in [0.3, 0.4) is 0 Å². The molecular formula is C22H27IN4O2. The Bertz CT molecular complexity index is 931. The summed E-state index contributed by atoms with van der Waals surface area (Å²) in [7, 11) is 3.49. The zero-order valence-corrected chi connectivity index (χ0v) is 19.3. The molecule has 3 rings (SSSR count). The van der Waals surface area contributed by atoms with E-state index in [1.807, 2.05) is 61.5 Å². The Morgan fingerprint density at radius 3 is 2.45 bits per heavy atom. The molecule has 2 aromatic carbocycles. The van der Waals surface area contributed by atoms with Gasteiger partial charge in [-0.2, -0.15) is 0 Å². The van der Waals surface area contributed by atoms with Crippen LogP contribution in [0.4, 0.5) is 0 Å². The molecular weight excluding hydrogens is 479 g/mol. The van der Waals surface area contributed by atoms with E-state index in [0.717, 1.165) is 34.8 Å². The number of aliphatic imine (C=N–C) groups is 1. The van der Waals surface area contributed by atoms with Crippen LogP contribution in [0.15, 0.2) is 64.0 Å². The van der Waals surface area contributed by atoms with Crippen molar-refractivity contribution in [1.82, 2.24) is 15.5 Å². The number of benzene rings is 2. The third kappa shape index (κ3) is 6.22. The summed E-state index contributed by atoms with van der Waals surface area (Å²) in [4.78, 5) is 18.1. The third-order valence-corrected chi connectivity index (χ3v) is 4.28. The van der Waals surface area contributed by atoms with Crippen LogP contribution in [-0.2, 0) is 13.1 Å². The van der Waals surface area contributed by atoms with Gasteiger partial charge in [0.1, 0.15) is 11.3 Å². The molecule has 154 valence electrons. The predicted molar refractivity (Wildman–Crippen MR) is 128 cm³/mol. The molecule has 2 N–H and O–H groups in total. The van der Waals surface area contributed by atoms with Gasteiger partial charge in [0.25, 0.3) is 5.91 Å². The summed E-state index contributed by atoms with van der Waals surface area (Å²) in [6.45, 7) is 3.87. The number of nitrogens with zero attached hydrogens (tertiary/aromatic N) is 2. The fraction of sp³-hybridized carbons (Fsp3) is 0.273. The Morgan fingerprint density at radius 1 is 1.07 bits per heavy atom. The largest absolute Gasteiger partial charge is 0.459 e. The molecule has 1 amide bonds. The van der Waals surface area contributed by atoms with Gasteiger partial charge in [-0.1, -0.05) is 30.3 Å². The van der Waals surface area contributed by atoms with Crippen molar-refractivity contribution in [2.75, 3.05) is 20.6 Å². The summed E-state index contributed by atoms with van der Waals surface area (Å²) in [5.41, 5.74) is 2.59. The van der Waals surface area contributed by atoms with Gasteiger partial charge in [0, 0.05) is 31.6 Å². The highest BCUT2D eigenvalue weighted by atomic mass is 127. The van der Waals surface area contributed by atoms with E-state index in [-0.39, 0.29) is 29.9 Å². The summed E-state index contributed by atoms with van der Waals surface area (Å²) in [6.07, 6.45) is 0. The number of amides is 1. The molecule has 0 spiro atoms. The van der Waals surface area contributed by atoms with Crippen LogP contribution in [0.25, 0.3) is 11.0 Å². The van der Waals surface area contributed by atoms with Gasteiger partial charge in [-0.25, -0.2) is 4.99 Å². The molecule has 6 nitrogen and oxygen atoms in total. The molecule has 3 aromatic rings. The van der Waals surface area contributed by atoms with E-state index >= 15 is 0 Å². The molecule has 0 atom stereocenters. The molecule has 0 saturated carbocycles. The molecule has 0 bridgehead atoms. The number of nitrogens with one attached hydrogen (secondary N) is 2. The molecule has 0 fully saturated rings. The van der Waals surface area contributed by atoms with E-state index in [9.17, 15) is 4.79 Å². The van der Waals surface area contributed by atoms with E-state index in [2.05, 4.69) is 15.6 Å². The Kier molecular flexibility index (Phi) is 8.50. The molecule has 1 aromatic heterocycles. The van der Waals surface area contributed by atoms with Crippen LogP contribution in [0.5, 0.6) is 0 Å². The summed E-state index contributed by atoms with van der Waals surface area (Å²) < 4.78 is 5.83. The van der Waals surface area contributed by atoms with Gasteiger partial charge in [0.2, 0.25) is 0 Å². The summed E-state index contributed by atoms with van der Waals surface area (Å²) in [5, 5.41) is 7.63. The van der Waals surface area contributed by atoms with Gasteiger partial charge in [-0.3, -0.25) is 4.79 Å². The first-order valence-electron chi connectivity index (χ1n) is 9.37. The second kappa shape index (κ2) is 10.8. The van der Waals surface area contributed by atoms with Crippen molar-refractivity contribution < 1.29 is 9.21 Å². The number of halogens is 1. The van der Waals surface area contributed by atoms with Crippen molar-refractivity contribution in [3.05, 3.63) is 71.5 Å². The van der Waals surface area contributed by atoms with Crippen LogP contribution in [0.1, 0.15) is 28.6 Å². The molecule has 0 aliphatic carbocycles. The van der Waals surface area contributed by atoms with Gasteiger partial charge in [0.15, 0.2) is 5.96 Å². The van der Waals surface area contributed by atoms with Gasteiger partial charge >= 0.3 is 0 Å². The molecule has 0 radical (unpaired) electrons. The number of furan rings is 1. The van der Waals surface area contributed by atoms with E-state index in [4.69, 9.17) is 4.42 Å². The lowest BCUT2D eigenvalue weighted by atomic mass is 10.1. The van der Waals surface area contributed by atoms with Gasteiger partial charge in [0.05, 0.1) is 13.1 Å². The number of fused-ring (bicyclic) bond motifs is 1. The van der Waals surface area contributed by atoms with E-state index in [0.29, 0.717) is 18.7 Å². The van der Waals surface area contributed by atoms with Gasteiger partial charge in [-0.15, -0.1) is 24.0 Å². The van der Waals surface area contributed by atoms with Crippen molar-refractivity contribution in [2.24, 2.45) is 4.99 Å². The lowest BCUT2D eigenvalue weighted by molar-refractivity contribution is 0.0827. The van der Waals surface area contributed by atoms with Crippen molar-refractivity contribution in [3.63, 3.8) is 0 Å². The number of hydrogen-bond donors (Lipinski definition) is 2. The normalized spacial score (nSPS) is 11.1. The highest BCUT2D eigenvalue weighted by Gasteiger charge is 2.07. The minimum absolute atomic E-state index is 0. The minimum Gasteiger partial charge on any atom is -0.459 e. The molecule has 0 aliphatic heterocycles. The zero-order valence-electron chi connectivity index (χ0n) is 16.9. The molecule has 1 heterocycles. The fourth-order valence-electron chi connectivity index (χ4n) is 2.82. The highest BCUT2D eigenvalue weighted by Crippen LogP contribution is 2.18. The lowest BCUT2D eigenvalue weighted by Crippen LogP contribution is -2.36. The number of para-hydroxylation sites is 1. The maximum atomic E-state index is 12.0. The average molecular weight is 506 g/mol. The van der Waals surface area contributed by atoms with Crippen LogP contribution < -0.4 is 10.6 Å². The average Bonchev–Trinajstić information content (AvgIpc) is 3.13. The molecule has 0 unspecified atom stereocenters. The van der Waals surface area contributed by atoms with Crippen molar-refractivity contribution in [1.29, 1.82) is 0 Å². The van der Waals surface area contributed by atoms with Crippen LogP contribution in [0, 0.1) is 0 Å². The number of carbonyl (C=O) groups is 1. The van der Waals surface area contributed by atoms with E-state index in [1.165, 1.54) is 0 Å². The SMILES string of the molecule is CCNC(=NCc1ccc(C(=O)N(C)C)cc1)NCc1cc2ccccc2o1.I. The van der Waals surface area contributed by atoms with Gasteiger partial charge < -0.3 is 20.0 Å². The summed E-state index contributed by atoms with van der Waals surface area (Å²) >= 11 is 0. The first kappa shape index (κ1) is 22.7. The van der Waals surface area contributed by atoms with Crippen molar-refractivity contribution in [3.8, 4) is 0 Å². The predicted octanol–water partition coefficient (Wildman–Crippen LogP) is 4.01. The molecule has 7 heteroatoms. The second-order valence-corrected chi connectivity index (χ2v) is 6.70. The van der Waals surface area contributed by atoms with Crippen molar-refractivity contribution >= 4 is 46.8 Å². The molecule has 29 heavy (non-hydrogen) atoms. The molecule has 0 aliphatic rings. The topological polar surface area (TPSA) is 69.9 Å². The number of guanidine groups is 1. The fourth-order valence-corrected chi connectivity index (χ4v) is 2.82. The van der Waals surface area contributed by atoms with Crippen molar-refractivity contribution in [2.45, 2.75) is 20.0 Å². The first-order valence-corrected chi connectivity index (χ1v) is 9.37. The first-order chi connectivity index (χ1) is 13.6. The standard InChI is InChI=1S/C22H26N4O2.HI/c1-4-23-22(25-15-19-13-18-7-5-6-8-20(18)28-19)24-14-16-9-11-17(12-10-16)21(27)26(2)3;/h5-13H,4,14-15H2,1-3H3,(H2,23,24,25);1H. The molecule has 0 saturated heterocycles. The maximum absolute atomic E-state index is 12.0. The Hall–Kier alpha value is -2.55. The van der Waals surface area contributed by atoms with Gasteiger partial charge in [-0.05, 0) is 36.8 Å². The Labute approximate surface area is 188 Å². The Morgan fingerprint density at radius 2 is 1.79 bits per heavy atom. The summed E-state index contributed by atoms with van der Waals surface area (Å²) in [6, 6.07) is 17.5. The highest BCUT2D eigenvalue weighted by molar-refractivity contribution is 14.0. The number of carbonyl (C=O) groups excluding carboxylic acids is 1. The Balaban J connectivity index is 0.00000300. The lowest BCUT2D eigenvalue weighted by Gasteiger charge is -2.11. The maximum Gasteiger partial charge on any atom is 0.253 e. The minimum atomic E-state index is -0.00380. The zero-order chi connectivity index (χ0) is 19.9.